The third-order valence-corrected chi connectivity index (χ3v) is 6.05. The van der Waals surface area contributed by atoms with Crippen molar-refractivity contribution in [3.05, 3.63) is 70.8 Å². The Labute approximate surface area is 189 Å². The molecule has 2 aromatic carbocycles. The largest absolute Gasteiger partial charge is 0.378 e. The zero-order valence-electron chi connectivity index (χ0n) is 19.7. The molecular weight excluding hydrogens is 380 g/mol. The van der Waals surface area contributed by atoms with Crippen LogP contribution in [0.25, 0.3) is 0 Å². The molecule has 31 heavy (non-hydrogen) atoms. The summed E-state index contributed by atoms with van der Waals surface area (Å²) in [6.45, 7) is 11.3. The first-order valence-electron chi connectivity index (χ1n) is 11.6. The molecule has 1 saturated heterocycles. The Morgan fingerprint density at radius 3 is 2.58 bits per heavy atom. The molecule has 0 unspecified atom stereocenters. The third kappa shape index (κ3) is 8.15. The van der Waals surface area contributed by atoms with Crippen molar-refractivity contribution in [3.63, 3.8) is 0 Å². The number of nitrogens with zero attached hydrogens (tertiary/aromatic N) is 2. The summed E-state index contributed by atoms with van der Waals surface area (Å²) >= 11 is 0. The Kier molecular flexibility index (Phi) is 8.32. The lowest BCUT2D eigenvalue weighted by atomic mass is 9.96. The van der Waals surface area contributed by atoms with Gasteiger partial charge in [0.2, 0.25) is 0 Å². The van der Waals surface area contributed by atoms with Crippen LogP contribution in [-0.2, 0) is 13.0 Å². The Morgan fingerprint density at radius 1 is 1.13 bits per heavy atom. The molecule has 0 spiro atoms. The standard InChI is InChI=1S/C28H38N2O/c1-23-8-5-6-10-27(23)16-19-30-18-7-9-26(22-30)21-29(4)20-25-13-11-24(12-14-25)15-17-28(2,3)31/h5-6,8,10-14,26,31H,7,9,16,18-22H2,1-4H3/t26-/m1/s1. The molecule has 0 bridgehead atoms. The Balaban J connectivity index is 1.46. The van der Waals surface area contributed by atoms with Crippen molar-refractivity contribution in [1.82, 2.24) is 9.80 Å². The molecular formula is C28H38N2O. The molecule has 1 fully saturated rings. The molecule has 0 amide bonds. The van der Waals surface area contributed by atoms with Crippen LogP contribution in [0.5, 0.6) is 0 Å². The molecule has 2 aromatic rings. The van der Waals surface area contributed by atoms with Gasteiger partial charge in [0.25, 0.3) is 0 Å². The highest BCUT2D eigenvalue weighted by Crippen LogP contribution is 2.19. The molecule has 1 heterocycles. The summed E-state index contributed by atoms with van der Waals surface area (Å²) in [7, 11) is 2.23. The maximum absolute atomic E-state index is 9.75. The van der Waals surface area contributed by atoms with Crippen molar-refractivity contribution >= 4 is 0 Å². The van der Waals surface area contributed by atoms with Crippen LogP contribution in [0.1, 0.15) is 48.9 Å². The fourth-order valence-electron chi connectivity index (χ4n) is 4.41. The summed E-state index contributed by atoms with van der Waals surface area (Å²) in [5.74, 6) is 6.66. The van der Waals surface area contributed by atoms with Gasteiger partial charge in [-0.25, -0.2) is 0 Å². The van der Waals surface area contributed by atoms with E-state index >= 15 is 0 Å². The van der Waals surface area contributed by atoms with Crippen molar-refractivity contribution in [2.24, 2.45) is 5.92 Å². The van der Waals surface area contributed by atoms with Gasteiger partial charge in [0.15, 0.2) is 0 Å². The molecule has 0 aliphatic carbocycles. The first kappa shape index (κ1) is 23.5. The van der Waals surface area contributed by atoms with Crippen molar-refractivity contribution in [2.45, 2.75) is 52.2 Å². The number of aryl methyl sites for hydroxylation is 1. The number of benzene rings is 2. The number of hydrogen-bond acceptors (Lipinski definition) is 3. The molecule has 3 rings (SSSR count). The van der Waals surface area contributed by atoms with Gasteiger partial charge >= 0.3 is 0 Å². The average molecular weight is 419 g/mol. The lowest BCUT2D eigenvalue weighted by Crippen LogP contribution is -2.40. The van der Waals surface area contributed by atoms with Crippen LogP contribution < -0.4 is 0 Å². The smallest absolute Gasteiger partial charge is 0.120 e. The van der Waals surface area contributed by atoms with E-state index in [-0.39, 0.29) is 0 Å². The maximum Gasteiger partial charge on any atom is 0.120 e. The number of piperidine rings is 1. The van der Waals surface area contributed by atoms with Gasteiger partial charge in [0.1, 0.15) is 5.60 Å². The summed E-state index contributed by atoms with van der Waals surface area (Å²) < 4.78 is 0. The summed E-state index contributed by atoms with van der Waals surface area (Å²) in [6.07, 6.45) is 3.79. The van der Waals surface area contributed by atoms with Crippen LogP contribution in [0.4, 0.5) is 0 Å². The first-order valence-corrected chi connectivity index (χ1v) is 11.6. The molecule has 166 valence electrons. The van der Waals surface area contributed by atoms with E-state index in [1.165, 1.54) is 42.6 Å². The van der Waals surface area contributed by atoms with E-state index in [0.29, 0.717) is 0 Å². The molecule has 1 atom stereocenters. The van der Waals surface area contributed by atoms with Crippen molar-refractivity contribution in [1.29, 1.82) is 0 Å². The molecule has 1 aliphatic rings. The lowest BCUT2D eigenvalue weighted by molar-refractivity contribution is 0.142. The highest BCUT2D eigenvalue weighted by molar-refractivity contribution is 5.37. The van der Waals surface area contributed by atoms with E-state index in [1.807, 2.05) is 0 Å². The van der Waals surface area contributed by atoms with E-state index in [1.54, 1.807) is 13.8 Å². The van der Waals surface area contributed by atoms with Crippen LogP contribution in [0, 0.1) is 24.7 Å². The fourth-order valence-corrected chi connectivity index (χ4v) is 4.41. The first-order chi connectivity index (χ1) is 14.8. The van der Waals surface area contributed by atoms with E-state index in [9.17, 15) is 5.11 Å². The Morgan fingerprint density at radius 2 is 1.87 bits per heavy atom. The van der Waals surface area contributed by atoms with Crippen LogP contribution >= 0.6 is 0 Å². The SMILES string of the molecule is Cc1ccccc1CCN1CCC[C@H](CN(C)Cc2ccc(C#CC(C)(C)O)cc2)C1. The zero-order valence-corrected chi connectivity index (χ0v) is 19.7. The molecule has 1 N–H and O–H groups in total. The van der Waals surface area contributed by atoms with Gasteiger partial charge in [-0.05, 0) is 88.4 Å². The number of rotatable bonds is 7. The highest BCUT2D eigenvalue weighted by Gasteiger charge is 2.21. The van der Waals surface area contributed by atoms with Crippen LogP contribution in [0.15, 0.2) is 48.5 Å². The van der Waals surface area contributed by atoms with Crippen molar-refractivity contribution < 1.29 is 5.11 Å². The second-order valence-corrected chi connectivity index (χ2v) is 9.69. The number of hydrogen-bond donors (Lipinski definition) is 1. The molecule has 3 nitrogen and oxygen atoms in total. The van der Waals surface area contributed by atoms with Crippen LogP contribution in [0.2, 0.25) is 0 Å². The summed E-state index contributed by atoms with van der Waals surface area (Å²) in [4.78, 5) is 5.11. The fraction of sp³-hybridized carbons (Fsp3) is 0.500. The van der Waals surface area contributed by atoms with E-state index in [2.05, 4.69) is 84.1 Å². The van der Waals surface area contributed by atoms with Gasteiger partial charge in [0.05, 0.1) is 0 Å². The van der Waals surface area contributed by atoms with Gasteiger partial charge in [-0.1, -0.05) is 48.2 Å². The van der Waals surface area contributed by atoms with E-state index in [0.717, 1.165) is 37.5 Å². The van der Waals surface area contributed by atoms with Crippen LogP contribution in [-0.4, -0.2) is 53.7 Å². The Hall–Kier alpha value is -2.12. The van der Waals surface area contributed by atoms with Crippen molar-refractivity contribution in [3.8, 4) is 11.8 Å². The van der Waals surface area contributed by atoms with Gasteiger partial charge in [-0.15, -0.1) is 0 Å². The highest BCUT2D eigenvalue weighted by atomic mass is 16.3. The third-order valence-electron chi connectivity index (χ3n) is 6.05. The zero-order chi connectivity index (χ0) is 22.3. The Bertz CT molecular complexity index is 886. The predicted molar refractivity (Wildman–Crippen MR) is 130 cm³/mol. The normalized spacial score (nSPS) is 17.4. The average Bonchev–Trinajstić information content (AvgIpc) is 2.72. The second-order valence-electron chi connectivity index (χ2n) is 9.69. The minimum absolute atomic E-state index is 0.743. The molecule has 0 aromatic heterocycles. The summed E-state index contributed by atoms with van der Waals surface area (Å²) in [5.41, 5.74) is 4.20. The minimum Gasteiger partial charge on any atom is -0.378 e. The van der Waals surface area contributed by atoms with Gasteiger partial charge in [-0.3, -0.25) is 0 Å². The van der Waals surface area contributed by atoms with Crippen LogP contribution in [0.3, 0.4) is 0 Å². The molecule has 1 aliphatic heterocycles. The van der Waals surface area contributed by atoms with E-state index in [4.69, 9.17) is 0 Å². The lowest BCUT2D eigenvalue weighted by Gasteiger charge is -2.35. The van der Waals surface area contributed by atoms with Crippen molar-refractivity contribution in [2.75, 3.05) is 33.2 Å². The topological polar surface area (TPSA) is 26.7 Å². The quantitative estimate of drug-likeness (QED) is 0.671. The van der Waals surface area contributed by atoms with Gasteiger partial charge in [-0.2, -0.15) is 0 Å². The number of aliphatic hydroxyl groups is 1. The van der Waals surface area contributed by atoms with E-state index < -0.39 is 5.60 Å². The van der Waals surface area contributed by atoms with Gasteiger partial charge in [0, 0.05) is 31.7 Å². The second kappa shape index (κ2) is 11.0. The maximum atomic E-state index is 9.75. The summed E-state index contributed by atoms with van der Waals surface area (Å²) in [5, 5.41) is 9.75. The molecule has 0 radical (unpaired) electrons. The number of likely N-dealkylation sites (tertiary alicyclic amines) is 1. The monoisotopic (exact) mass is 418 g/mol. The minimum atomic E-state index is -0.952. The predicted octanol–water partition coefficient (Wildman–Crippen LogP) is 4.50. The molecule has 3 heteroatoms. The summed E-state index contributed by atoms with van der Waals surface area (Å²) in [6, 6.07) is 17.2. The molecule has 0 saturated carbocycles. The van der Waals surface area contributed by atoms with Gasteiger partial charge < -0.3 is 14.9 Å².